The Bertz CT molecular complexity index is 713. The first-order chi connectivity index (χ1) is 10.0. The summed E-state index contributed by atoms with van der Waals surface area (Å²) in [6.07, 6.45) is 0. The highest BCUT2D eigenvalue weighted by Crippen LogP contribution is 2.23. The molecular formula is C12H13N3O4S2. The summed E-state index contributed by atoms with van der Waals surface area (Å²) in [7, 11) is -3.87. The monoisotopic (exact) mass is 327 g/mol. The molecule has 0 saturated heterocycles. The fraction of sp³-hybridized carbons (Fsp3) is 0.167. The summed E-state index contributed by atoms with van der Waals surface area (Å²) in [5, 5.41) is 0.108. The maximum atomic E-state index is 12.0. The van der Waals surface area contributed by atoms with Crippen LogP contribution in [0.25, 0.3) is 0 Å². The first-order valence-electron chi connectivity index (χ1n) is 5.98. The topological polar surface area (TPSA) is 97.4 Å². The van der Waals surface area contributed by atoms with Crippen LogP contribution in [0, 0.1) is 0 Å². The number of benzene rings is 1. The van der Waals surface area contributed by atoms with Gasteiger partial charge in [0.2, 0.25) is 0 Å². The Morgan fingerprint density at radius 1 is 1.29 bits per heavy atom. The molecule has 0 unspecified atom stereocenters. The lowest BCUT2D eigenvalue weighted by Crippen LogP contribution is -2.22. The average molecular weight is 327 g/mol. The van der Waals surface area contributed by atoms with Crippen molar-refractivity contribution >= 4 is 38.2 Å². The first kappa shape index (κ1) is 15.3. The van der Waals surface area contributed by atoms with E-state index in [9.17, 15) is 13.2 Å². The second kappa shape index (κ2) is 6.55. The van der Waals surface area contributed by atoms with Crippen LogP contribution in [0.1, 0.15) is 17.4 Å². The highest BCUT2D eigenvalue weighted by Gasteiger charge is 2.20. The van der Waals surface area contributed by atoms with Gasteiger partial charge in [0.1, 0.15) is 5.00 Å². The van der Waals surface area contributed by atoms with Gasteiger partial charge in [0.15, 0.2) is 5.69 Å². The minimum Gasteiger partial charge on any atom is -0.461 e. The van der Waals surface area contributed by atoms with E-state index >= 15 is 0 Å². The fourth-order valence-electron chi connectivity index (χ4n) is 1.47. The van der Waals surface area contributed by atoms with Crippen molar-refractivity contribution in [1.82, 2.24) is 4.98 Å². The molecule has 1 aromatic heterocycles. The number of rotatable bonds is 6. The molecule has 0 aliphatic carbocycles. The summed E-state index contributed by atoms with van der Waals surface area (Å²) >= 11 is 0.999. The lowest BCUT2D eigenvalue weighted by molar-refractivity contribution is 0.0521. The Balaban J connectivity index is 2.14. The van der Waals surface area contributed by atoms with Crippen molar-refractivity contribution < 1.29 is 17.9 Å². The number of carbonyl (C=O) groups is 1. The Morgan fingerprint density at radius 2 is 2.00 bits per heavy atom. The summed E-state index contributed by atoms with van der Waals surface area (Å²) < 4.78 is 33.4. The maximum absolute atomic E-state index is 12.0. The van der Waals surface area contributed by atoms with Crippen molar-refractivity contribution in [3.63, 3.8) is 0 Å². The molecule has 21 heavy (non-hydrogen) atoms. The fourth-order valence-corrected chi connectivity index (χ4v) is 3.34. The van der Waals surface area contributed by atoms with Gasteiger partial charge in [-0.1, -0.05) is 18.2 Å². The number of carbonyl (C=O) groups excluding carboxylic acids is 1. The van der Waals surface area contributed by atoms with Gasteiger partial charge in [0.25, 0.3) is 0 Å². The minimum absolute atomic E-state index is 0.0553. The lowest BCUT2D eigenvalue weighted by atomic mass is 10.3. The number of thiazole rings is 1. The number of ether oxygens (including phenoxy) is 1. The van der Waals surface area contributed by atoms with Gasteiger partial charge in [-0.3, -0.25) is 9.44 Å². The highest BCUT2D eigenvalue weighted by molar-refractivity contribution is 7.94. The maximum Gasteiger partial charge on any atom is 0.360 e. The van der Waals surface area contributed by atoms with E-state index in [-0.39, 0.29) is 17.3 Å². The van der Waals surface area contributed by atoms with Crippen LogP contribution >= 0.6 is 11.3 Å². The second-order valence-corrected chi connectivity index (χ2v) is 6.09. The third-order valence-corrected chi connectivity index (χ3v) is 4.14. The van der Waals surface area contributed by atoms with Gasteiger partial charge in [-0.05, 0) is 19.1 Å². The number of nitrogens with zero attached hydrogens (tertiary/aromatic N) is 1. The number of hydrogen-bond donors (Lipinski definition) is 2. The van der Waals surface area contributed by atoms with Crippen molar-refractivity contribution in [3.8, 4) is 0 Å². The quantitative estimate of drug-likeness (QED) is 0.792. The standard InChI is InChI=1S/C12H13N3O4S2/c1-2-19-12(16)10-11(20-8-13-10)15-21(17,18)14-9-6-4-3-5-7-9/h3-8,14-15H,2H2,1H3. The molecule has 9 heteroatoms. The van der Waals surface area contributed by atoms with Crippen LogP contribution in [0.2, 0.25) is 0 Å². The lowest BCUT2D eigenvalue weighted by Gasteiger charge is -2.09. The Hall–Kier alpha value is -2.13. The highest BCUT2D eigenvalue weighted by atomic mass is 32.2. The molecule has 0 fully saturated rings. The molecule has 0 aliphatic rings. The van der Waals surface area contributed by atoms with Crippen molar-refractivity contribution in [1.29, 1.82) is 0 Å². The van der Waals surface area contributed by atoms with E-state index in [0.29, 0.717) is 5.69 Å². The predicted octanol–water partition coefficient (Wildman–Crippen LogP) is 2.09. The number of para-hydroxylation sites is 1. The second-order valence-electron chi connectivity index (χ2n) is 3.82. The molecule has 0 amide bonds. The molecule has 7 nitrogen and oxygen atoms in total. The normalized spacial score (nSPS) is 10.9. The Labute approximate surface area is 126 Å². The number of esters is 1. The van der Waals surface area contributed by atoms with E-state index in [1.54, 1.807) is 37.3 Å². The first-order valence-corrected chi connectivity index (χ1v) is 8.34. The minimum atomic E-state index is -3.87. The molecule has 0 radical (unpaired) electrons. The summed E-state index contributed by atoms with van der Waals surface area (Å²) in [5.41, 5.74) is 1.72. The molecule has 0 atom stereocenters. The van der Waals surface area contributed by atoms with Crippen molar-refractivity contribution in [2.45, 2.75) is 6.92 Å². The van der Waals surface area contributed by atoms with E-state index < -0.39 is 16.2 Å². The molecule has 2 N–H and O–H groups in total. The van der Waals surface area contributed by atoms with Crippen LogP contribution in [-0.2, 0) is 14.9 Å². The third-order valence-electron chi connectivity index (χ3n) is 2.29. The summed E-state index contributed by atoms with van der Waals surface area (Å²) in [4.78, 5) is 15.5. The van der Waals surface area contributed by atoms with Crippen molar-refractivity contribution in [3.05, 3.63) is 41.5 Å². The number of nitrogens with one attached hydrogen (secondary N) is 2. The van der Waals surface area contributed by atoms with Gasteiger partial charge in [-0.15, -0.1) is 11.3 Å². The number of aromatic nitrogens is 1. The van der Waals surface area contributed by atoms with E-state index in [1.165, 1.54) is 5.51 Å². The smallest absolute Gasteiger partial charge is 0.360 e. The van der Waals surface area contributed by atoms with Gasteiger partial charge < -0.3 is 4.74 Å². The van der Waals surface area contributed by atoms with Gasteiger partial charge in [-0.2, -0.15) is 8.42 Å². The van der Waals surface area contributed by atoms with Crippen LogP contribution in [0.15, 0.2) is 35.8 Å². The van der Waals surface area contributed by atoms with Crippen LogP contribution < -0.4 is 9.44 Å². The zero-order chi connectivity index (χ0) is 15.3. The molecular weight excluding hydrogens is 314 g/mol. The third kappa shape index (κ3) is 4.17. The van der Waals surface area contributed by atoms with Gasteiger partial charge >= 0.3 is 16.2 Å². The molecule has 0 aliphatic heterocycles. The summed E-state index contributed by atoms with van der Waals surface area (Å²) in [6.45, 7) is 1.84. The zero-order valence-electron chi connectivity index (χ0n) is 11.1. The molecule has 1 heterocycles. The van der Waals surface area contributed by atoms with Gasteiger partial charge in [0.05, 0.1) is 17.8 Å². The largest absolute Gasteiger partial charge is 0.461 e. The summed E-state index contributed by atoms with van der Waals surface area (Å²) in [6, 6.07) is 8.40. The molecule has 2 rings (SSSR count). The zero-order valence-corrected chi connectivity index (χ0v) is 12.7. The van der Waals surface area contributed by atoms with E-state index in [1.807, 2.05) is 0 Å². The molecule has 1 aromatic carbocycles. The molecule has 0 saturated carbocycles. The molecule has 0 spiro atoms. The van der Waals surface area contributed by atoms with Gasteiger partial charge in [-0.25, -0.2) is 9.78 Å². The van der Waals surface area contributed by atoms with Crippen molar-refractivity contribution in [2.24, 2.45) is 0 Å². The van der Waals surface area contributed by atoms with Crippen LogP contribution in [0.5, 0.6) is 0 Å². The van der Waals surface area contributed by atoms with Gasteiger partial charge in [0, 0.05) is 0 Å². The average Bonchev–Trinajstić information content (AvgIpc) is 2.87. The van der Waals surface area contributed by atoms with E-state index in [4.69, 9.17) is 4.74 Å². The van der Waals surface area contributed by atoms with E-state index in [0.717, 1.165) is 11.3 Å². The Morgan fingerprint density at radius 3 is 2.67 bits per heavy atom. The van der Waals surface area contributed by atoms with E-state index in [2.05, 4.69) is 14.4 Å². The number of hydrogen-bond acceptors (Lipinski definition) is 6. The predicted molar refractivity (Wildman–Crippen MR) is 80.7 cm³/mol. The molecule has 112 valence electrons. The molecule has 0 bridgehead atoms. The Kier molecular flexibility index (Phi) is 4.76. The van der Waals surface area contributed by atoms with Crippen molar-refractivity contribution in [2.75, 3.05) is 16.1 Å². The van der Waals surface area contributed by atoms with Crippen LogP contribution in [0.4, 0.5) is 10.7 Å². The van der Waals surface area contributed by atoms with Crippen LogP contribution in [0.3, 0.4) is 0 Å². The van der Waals surface area contributed by atoms with Crippen LogP contribution in [-0.4, -0.2) is 26.0 Å². The number of anilines is 2. The molecule has 2 aromatic rings. The summed E-state index contributed by atoms with van der Waals surface area (Å²) in [5.74, 6) is -0.670. The SMILES string of the molecule is CCOC(=O)c1ncsc1NS(=O)(=O)Nc1ccccc1.